The van der Waals surface area contributed by atoms with E-state index in [1.54, 1.807) is 0 Å². The Bertz CT molecular complexity index is 389. The molecule has 0 spiro atoms. The maximum absolute atomic E-state index is 6.01. The van der Waals surface area contributed by atoms with Gasteiger partial charge in [0.1, 0.15) is 0 Å². The van der Waals surface area contributed by atoms with Gasteiger partial charge in [0, 0.05) is 25.4 Å². The van der Waals surface area contributed by atoms with Gasteiger partial charge in [0.15, 0.2) is 0 Å². The lowest BCUT2D eigenvalue weighted by atomic mass is 10.1. The number of aryl methyl sites for hydroxylation is 1. The Morgan fingerprint density at radius 2 is 2.35 bits per heavy atom. The van der Waals surface area contributed by atoms with Crippen molar-refractivity contribution in [2.24, 2.45) is 5.92 Å². The molecule has 1 atom stereocenters. The molecule has 2 rings (SSSR count). The second-order valence-corrected chi connectivity index (χ2v) is 5.04. The Hall–Kier alpha value is -0.930. The van der Waals surface area contributed by atoms with Crippen LogP contribution in [0.15, 0.2) is 12.1 Å². The van der Waals surface area contributed by atoms with Crippen molar-refractivity contribution in [1.29, 1.82) is 0 Å². The van der Waals surface area contributed by atoms with Crippen LogP contribution in [0.4, 0.5) is 11.4 Å². The molecule has 17 heavy (non-hydrogen) atoms. The standard InChI is InChI=1S/C13H19ClN2O/c1-9-6-12(15)11(14)7-13(9)16-4-2-10-3-5-17-8-10/h6-7,10,16H,2-5,8,15H2,1H3. The summed E-state index contributed by atoms with van der Waals surface area (Å²) >= 11 is 6.01. The van der Waals surface area contributed by atoms with Gasteiger partial charge in [-0.3, -0.25) is 0 Å². The molecule has 3 N–H and O–H groups in total. The van der Waals surface area contributed by atoms with E-state index in [1.165, 1.54) is 6.42 Å². The molecular weight excluding hydrogens is 236 g/mol. The molecule has 3 nitrogen and oxygen atoms in total. The van der Waals surface area contributed by atoms with Crippen LogP contribution in [0.25, 0.3) is 0 Å². The predicted octanol–water partition coefficient (Wildman–Crippen LogP) is 3.07. The number of hydrogen-bond donors (Lipinski definition) is 2. The van der Waals surface area contributed by atoms with Crippen LogP contribution in [0.2, 0.25) is 5.02 Å². The van der Waals surface area contributed by atoms with Crippen molar-refractivity contribution in [3.63, 3.8) is 0 Å². The molecule has 0 bridgehead atoms. The van der Waals surface area contributed by atoms with E-state index < -0.39 is 0 Å². The number of ether oxygens (including phenoxy) is 1. The summed E-state index contributed by atoms with van der Waals surface area (Å²) in [5, 5.41) is 4.03. The molecule has 94 valence electrons. The van der Waals surface area contributed by atoms with Crippen molar-refractivity contribution in [1.82, 2.24) is 0 Å². The summed E-state index contributed by atoms with van der Waals surface area (Å²) < 4.78 is 5.35. The van der Waals surface area contributed by atoms with Gasteiger partial charge in [-0.05, 0) is 43.4 Å². The third kappa shape index (κ3) is 3.27. The molecule has 4 heteroatoms. The molecule has 1 aliphatic rings. The van der Waals surface area contributed by atoms with E-state index in [2.05, 4.69) is 5.32 Å². The summed E-state index contributed by atoms with van der Waals surface area (Å²) in [5.74, 6) is 0.701. The number of benzene rings is 1. The van der Waals surface area contributed by atoms with Crippen LogP contribution < -0.4 is 11.1 Å². The lowest BCUT2D eigenvalue weighted by Crippen LogP contribution is -2.10. The van der Waals surface area contributed by atoms with Crippen molar-refractivity contribution in [3.05, 3.63) is 22.7 Å². The fourth-order valence-corrected chi connectivity index (χ4v) is 2.28. The van der Waals surface area contributed by atoms with E-state index in [4.69, 9.17) is 22.1 Å². The molecule has 0 amide bonds. The van der Waals surface area contributed by atoms with E-state index >= 15 is 0 Å². The predicted molar refractivity (Wildman–Crippen MR) is 72.6 cm³/mol. The zero-order chi connectivity index (χ0) is 12.3. The summed E-state index contributed by atoms with van der Waals surface area (Å²) in [6.07, 6.45) is 2.32. The van der Waals surface area contributed by atoms with Crippen molar-refractivity contribution >= 4 is 23.0 Å². The zero-order valence-corrected chi connectivity index (χ0v) is 10.9. The van der Waals surface area contributed by atoms with Gasteiger partial charge < -0.3 is 15.8 Å². The average molecular weight is 255 g/mol. The van der Waals surface area contributed by atoms with Gasteiger partial charge in [0.05, 0.1) is 10.7 Å². The molecule has 1 aromatic rings. The zero-order valence-electron chi connectivity index (χ0n) is 10.1. The summed E-state index contributed by atoms with van der Waals surface area (Å²) in [5.41, 5.74) is 8.59. The number of rotatable bonds is 4. The van der Waals surface area contributed by atoms with Crippen LogP contribution in [0.3, 0.4) is 0 Å². The Morgan fingerprint density at radius 3 is 3.06 bits per heavy atom. The average Bonchev–Trinajstić information content (AvgIpc) is 2.78. The van der Waals surface area contributed by atoms with Crippen molar-refractivity contribution in [3.8, 4) is 0 Å². The highest BCUT2D eigenvalue weighted by atomic mass is 35.5. The van der Waals surface area contributed by atoms with Gasteiger partial charge in [0.2, 0.25) is 0 Å². The number of anilines is 2. The number of nitrogens with two attached hydrogens (primary N) is 1. The monoisotopic (exact) mass is 254 g/mol. The summed E-state index contributed by atoms with van der Waals surface area (Å²) in [7, 11) is 0. The Labute approximate surface area is 107 Å². The fraction of sp³-hybridized carbons (Fsp3) is 0.538. The van der Waals surface area contributed by atoms with Crippen LogP contribution in [0.1, 0.15) is 18.4 Å². The van der Waals surface area contributed by atoms with Crippen molar-refractivity contribution in [2.75, 3.05) is 30.8 Å². The lowest BCUT2D eigenvalue weighted by Gasteiger charge is -2.13. The highest BCUT2D eigenvalue weighted by molar-refractivity contribution is 6.33. The third-order valence-corrected chi connectivity index (χ3v) is 3.56. The van der Waals surface area contributed by atoms with E-state index in [9.17, 15) is 0 Å². The van der Waals surface area contributed by atoms with Crippen LogP contribution in [0, 0.1) is 12.8 Å². The van der Waals surface area contributed by atoms with Gasteiger partial charge in [-0.15, -0.1) is 0 Å². The third-order valence-electron chi connectivity index (χ3n) is 3.24. The number of nitrogens with one attached hydrogen (secondary N) is 1. The first-order valence-electron chi connectivity index (χ1n) is 6.04. The Balaban J connectivity index is 1.87. The first-order chi connectivity index (χ1) is 8.16. The normalized spacial score (nSPS) is 19.5. The van der Waals surface area contributed by atoms with Crippen LogP contribution in [0.5, 0.6) is 0 Å². The van der Waals surface area contributed by atoms with E-state index in [0.717, 1.165) is 37.4 Å². The minimum Gasteiger partial charge on any atom is -0.398 e. The summed E-state index contributed by atoms with van der Waals surface area (Å²) in [6, 6.07) is 3.81. The first kappa shape index (κ1) is 12.5. The van der Waals surface area contributed by atoms with Crippen molar-refractivity contribution < 1.29 is 4.74 Å². The fourth-order valence-electron chi connectivity index (χ4n) is 2.12. The molecule has 1 fully saturated rings. The Kier molecular flexibility index (Phi) is 4.13. The molecular formula is C13H19ClN2O. The highest BCUT2D eigenvalue weighted by Crippen LogP contribution is 2.27. The van der Waals surface area contributed by atoms with Gasteiger partial charge in [0.25, 0.3) is 0 Å². The molecule has 0 saturated carbocycles. The molecule has 0 aliphatic carbocycles. The minimum atomic E-state index is 0.613. The molecule has 0 radical (unpaired) electrons. The maximum Gasteiger partial charge on any atom is 0.0656 e. The van der Waals surface area contributed by atoms with Gasteiger partial charge in [-0.2, -0.15) is 0 Å². The van der Waals surface area contributed by atoms with Gasteiger partial charge in [-0.25, -0.2) is 0 Å². The number of nitrogen functional groups attached to an aromatic ring is 1. The van der Waals surface area contributed by atoms with Gasteiger partial charge in [-0.1, -0.05) is 11.6 Å². The molecule has 0 aromatic heterocycles. The number of halogens is 1. The van der Waals surface area contributed by atoms with Gasteiger partial charge >= 0.3 is 0 Å². The number of hydrogen-bond acceptors (Lipinski definition) is 3. The first-order valence-corrected chi connectivity index (χ1v) is 6.42. The van der Waals surface area contributed by atoms with Crippen LogP contribution in [-0.4, -0.2) is 19.8 Å². The largest absolute Gasteiger partial charge is 0.398 e. The molecule has 1 heterocycles. The summed E-state index contributed by atoms with van der Waals surface area (Å²) in [4.78, 5) is 0. The summed E-state index contributed by atoms with van der Waals surface area (Å²) in [6.45, 7) is 4.81. The van der Waals surface area contributed by atoms with Crippen LogP contribution in [-0.2, 0) is 4.74 Å². The molecule has 1 aliphatic heterocycles. The lowest BCUT2D eigenvalue weighted by molar-refractivity contribution is 0.185. The topological polar surface area (TPSA) is 47.3 Å². The smallest absolute Gasteiger partial charge is 0.0656 e. The minimum absolute atomic E-state index is 0.613. The molecule has 1 unspecified atom stereocenters. The molecule has 1 saturated heterocycles. The second-order valence-electron chi connectivity index (χ2n) is 4.63. The second kappa shape index (κ2) is 5.61. The van der Waals surface area contributed by atoms with E-state index in [0.29, 0.717) is 16.6 Å². The Morgan fingerprint density at radius 1 is 1.53 bits per heavy atom. The quantitative estimate of drug-likeness (QED) is 0.812. The van der Waals surface area contributed by atoms with E-state index in [1.807, 2.05) is 19.1 Å². The van der Waals surface area contributed by atoms with Crippen molar-refractivity contribution in [2.45, 2.75) is 19.8 Å². The van der Waals surface area contributed by atoms with E-state index in [-0.39, 0.29) is 0 Å². The highest BCUT2D eigenvalue weighted by Gasteiger charge is 2.14. The molecule has 1 aromatic carbocycles. The maximum atomic E-state index is 6.01. The van der Waals surface area contributed by atoms with Crippen LogP contribution >= 0.6 is 11.6 Å². The SMILES string of the molecule is Cc1cc(N)c(Cl)cc1NCCC1CCOC1.